The van der Waals surface area contributed by atoms with Gasteiger partial charge in [-0.1, -0.05) is 0 Å². The first kappa shape index (κ1) is 21.2. The Morgan fingerprint density at radius 3 is 2.77 bits per heavy atom. The van der Waals surface area contributed by atoms with E-state index in [2.05, 4.69) is 5.32 Å². The summed E-state index contributed by atoms with van der Waals surface area (Å²) in [7, 11) is 0. The quantitative estimate of drug-likeness (QED) is 0.605. The minimum absolute atomic E-state index is 0.264. The minimum atomic E-state index is -1.51. The maximum absolute atomic E-state index is 11.7. The first-order valence-electron chi connectivity index (χ1n) is 10.7. The second-order valence-electron chi connectivity index (χ2n) is 8.30. The number of hydrogen-bond donors (Lipinski definition) is 3. The number of amides is 1. The Bertz CT molecular complexity index is 1010. The van der Waals surface area contributed by atoms with Crippen LogP contribution in [0.1, 0.15) is 41.5 Å². The predicted molar refractivity (Wildman–Crippen MR) is 115 cm³/mol. The lowest BCUT2D eigenvalue weighted by Gasteiger charge is -2.18. The lowest BCUT2D eigenvalue weighted by molar-refractivity contribution is -0.147. The molecule has 2 aromatic rings. The first-order valence-corrected chi connectivity index (χ1v) is 10.7. The Hall–Kier alpha value is -3.06. The number of phenolic OH excluding ortho intramolecular Hbond substituents is 1. The number of nitrogens with one attached hydrogen (secondary N) is 1. The summed E-state index contributed by atoms with van der Waals surface area (Å²) in [5.74, 6) is -0.372. The highest BCUT2D eigenvalue weighted by molar-refractivity contribution is 6.36. The van der Waals surface area contributed by atoms with Gasteiger partial charge in [0.05, 0.1) is 0 Å². The molecule has 4 rings (SSSR count). The van der Waals surface area contributed by atoms with Crippen LogP contribution in [0.3, 0.4) is 0 Å². The molecule has 1 heterocycles. The van der Waals surface area contributed by atoms with Gasteiger partial charge < -0.3 is 25.0 Å². The molecule has 1 fully saturated rings. The van der Waals surface area contributed by atoms with E-state index in [-0.39, 0.29) is 5.75 Å². The number of carboxylic acids is 1. The minimum Gasteiger partial charge on any atom is -0.508 e. The number of carbonyl (C=O) groups is 2. The number of aliphatic carboxylic acids is 1. The molecule has 0 bridgehead atoms. The van der Waals surface area contributed by atoms with Crippen LogP contribution in [0.4, 0.5) is 5.69 Å². The van der Waals surface area contributed by atoms with Gasteiger partial charge in [0.15, 0.2) is 0 Å². The second-order valence-corrected chi connectivity index (χ2v) is 8.30. The number of rotatable bonds is 6. The molecular formula is C24H27NO6. The number of aryl methyl sites for hydroxylation is 2. The number of fused-ring (bicyclic) bond motifs is 1. The Labute approximate surface area is 181 Å². The normalized spacial score (nSPS) is 17.4. The molecule has 1 atom stereocenters. The molecule has 1 amide bonds. The van der Waals surface area contributed by atoms with Crippen molar-refractivity contribution in [2.45, 2.75) is 45.4 Å². The summed E-state index contributed by atoms with van der Waals surface area (Å²) in [6.45, 7) is 3.48. The standard InChI is InChI=1S/C24H27NO6/c1-14-11-20(25-23(27)24(28)29)18-3-2-4-19(18)22(14)31-17-7-8-21(26)16(12-17)6-5-15-9-10-30-13-15/h7-8,11-12,15,26H,2-6,9-10,13H2,1H3,(H,25,27)(H,28,29). The van der Waals surface area contributed by atoms with Crippen molar-refractivity contribution in [3.63, 3.8) is 0 Å². The van der Waals surface area contributed by atoms with Gasteiger partial charge in [-0.2, -0.15) is 0 Å². The number of carboxylic acid groups (broad SMARTS) is 1. The summed E-state index contributed by atoms with van der Waals surface area (Å²) in [5, 5.41) is 21.7. The van der Waals surface area contributed by atoms with Gasteiger partial charge in [0.2, 0.25) is 0 Å². The summed E-state index contributed by atoms with van der Waals surface area (Å²) in [4.78, 5) is 22.6. The Balaban J connectivity index is 1.56. The van der Waals surface area contributed by atoms with Crippen molar-refractivity contribution in [1.82, 2.24) is 0 Å². The largest absolute Gasteiger partial charge is 0.508 e. The number of ether oxygens (including phenoxy) is 2. The molecule has 0 saturated carbocycles. The van der Waals surface area contributed by atoms with Gasteiger partial charge in [-0.3, -0.25) is 4.79 Å². The van der Waals surface area contributed by atoms with Gasteiger partial charge in [-0.05, 0) is 92.3 Å². The number of benzene rings is 2. The molecule has 7 heteroatoms. The summed E-state index contributed by atoms with van der Waals surface area (Å²) in [6.07, 6.45) is 5.25. The number of phenols is 1. The van der Waals surface area contributed by atoms with E-state index in [9.17, 15) is 14.7 Å². The van der Waals surface area contributed by atoms with Crippen LogP contribution in [-0.4, -0.2) is 35.3 Å². The number of hydrogen-bond acceptors (Lipinski definition) is 5. The van der Waals surface area contributed by atoms with Crippen molar-refractivity contribution in [2.24, 2.45) is 5.92 Å². The van der Waals surface area contributed by atoms with Crippen LogP contribution in [-0.2, 0) is 33.6 Å². The summed E-state index contributed by atoms with van der Waals surface area (Å²) >= 11 is 0. The Morgan fingerprint density at radius 1 is 1.23 bits per heavy atom. The van der Waals surface area contributed by atoms with Crippen molar-refractivity contribution < 1.29 is 29.3 Å². The van der Waals surface area contributed by atoms with Crippen molar-refractivity contribution in [3.05, 3.63) is 46.5 Å². The average molecular weight is 425 g/mol. The highest BCUT2D eigenvalue weighted by atomic mass is 16.5. The van der Waals surface area contributed by atoms with E-state index in [0.29, 0.717) is 17.4 Å². The van der Waals surface area contributed by atoms with Crippen LogP contribution in [0.25, 0.3) is 0 Å². The van der Waals surface area contributed by atoms with Gasteiger partial charge in [0.1, 0.15) is 17.2 Å². The van der Waals surface area contributed by atoms with Gasteiger partial charge in [-0.25, -0.2) is 4.79 Å². The third-order valence-corrected chi connectivity index (χ3v) is 6.10. The molecule has 2 aromatic carbocycles. The van der Waals surface area contributed by atoms with Crippen LogP contribution in [0.15, 0.2) is 24.3 Å². The smallest absolute Gasteiger partial charge is 0.394 e. The van der Waals surface area contributed by atoms with Crippen molar-refractivity contribution in [1.29, 1.82) is 0 Å². The predicted octanol–water partition coefficient (Wildman–Crippen LogP) is 3.97. The maximum Gasteiger partial charge on any atom is 0.394 e. The molecule has 0 spiro atoms. The molecule has 1 unspecified atom stereocenters. The fourth-order valence-corrected chi connectivity index (χ4v) is 4.44. The van der Waals surface area contributed by atoms with E-state index in [1.54, 1.807) is 18.2 Å². The molecule has 7 nitrogen and oxygen atoms in total. The average Bonchev–Trinajstić information content (AvgIpc) is 3.43. The van der Waals surface area contributed by atoms with Gasteiger partial charge in [0, 0.05) is 24.5 Å². The summed E-state index contributed by atoms with van der Waals surface area (Å²) in [6, 6.07) is 7.05. The third kappa shape index (κ3) is 4.66. The van der Waals surface area contributed by atoms with Crippen LogP contribution in [0, 0.1) is 12.8 Å². The van der Waals surface area contributed by atoms with Crippen LogP contribution < -0.4 is 10.1 Å². The molecule has 1 saturated heterocycles. The zero-order valence-electron chi connectivity index (χ0n) is 17.6. The molecule has 1 aliphatic carbocycles. The molecule has 31 heavy (non-hydrogen) atoms. The second kappa shape index (κ2) is 8.98. The van der Waals surface area contributed by atoms with E-state index in [1.807, 2.05) is 13.0 Å². The molecule has 0 radical (unpaired) electrons. The SMILES string of the molecule is Cc1cc(NC(=O)C(=O)O)c2c(c1Oc1ccc(O)c(CCC3CCOC3)c1)CCC2. The fraction of sp³-hybridized carbons (Fsp3) is 0.417. The molecule has 2 aliphatic rings. The van der Waals surface area contributed by atoms with Crippen LogP contribution >= 0.6 is 0 Å². The van der Waals surface area contributed by atoms with Gasteiger partial charge >= 0.3 is 11.9 Å². The fourth-order valence-electron chi connectivity index (χ4n) is 4.44. The zero-order valence-corrected chi connectivity index (χ0v) is 17.6. The van der Waals surface area contributed by atoms with E-state index < -0.39 is 11.9 Å². The van der Waals surface area contributed by atoms with Gasteiger partial charge in [-0.15, -0.1) is 0 Å². The van der Waals surface area contributed by atoms with E-state index in [1.165, 1.54) is 0 Å². The Kier molecular flexibility index (Phi) is 6.13. The number of aromatic hydroxyl groups is 1. The molecule has 0 aromatic heterocycles. The zero-order chi connectivity index (χ0) is 22.0. The van der Waals surface area contributed by atoms with E-state index in [0.717, 1.165) is 79.7 Å². The maximum atomic E-state index is 11.7. The lowest BCUT2D eigenvalue weighted by atomic mass is 9.98. The number of carbonyl (C=O) groups excluding carboxylic acids is 1. The monoisotopic (exact) mass is 425 g/mol. The number of anilines is 1. The molecule has 164 valence electrons. The molecule has 3 N–H and O–H groups in total. The van der Waals surface area contributed by atoms with E-state index in [4.69, 9.17) is 14.6 Å². The summed E-state index contributed by atoms with van der Waals surface area (Å²) < 4.78 is 11.7. The lowest BCUT2D eigenvalue weighted by Crippen LogP contribution is -2.22. The topological polar surface area (TPSA) is 105 Å². The molecule has 1 aliphatic heterocycles. The van der Waals surface area contributed by atoms with Crippen molar-refractivity contribution >= 4 is 17.6 Å². The first-order chi connectivity index (χ1) is 14.9. The highest BCUT2D eigenvalue weighted by Gasteiger charge is 2.24. The molecular weight excluding hydrogens is 398 g/mol. The Morgan fingerprint density at radius 2 is 2.03 bits per heavy atom. The van der Waals surface area contributed by atoms with Gasteiger partial charge in [0.25, 0.3) is 0 Å². The third-order valence-electron chi connectivity index (χ3n) is 6.10. The summed E-state index contributed by atoms with van der Waals surface area (Å²) in [5.41, 5.74) is 4.13. The van der Waals surface area contributed by atoms with E-state index >= 15 is 0 Å². The van der Waals surface area contributed by atoms with Crippen molar-refractivity contribution in [2.75, 3.05) is 18.5 Å². The van der Waals surface area contributed by atoms with Crippen molar-refractivity contribution in [3.8, 4) is 17.2 Å². The highest BCUT2D eigenvalue weighted by Crippen LogP contribution is 2.41. The van der Waals surface area contributed by atoms with Crippen LogP contribution in [0.2, 0.25) is 0 Å². The van der Waals surface area contributed by atoms with Crippen LogP contribution in [0.5, 0.6) is 17.2 Å².